The Labute approximate surface area is 162 Å². The zero-order valence-corrected chi connectivity index (χ0v) is 19.6. The fourth-order valence-electron chi connectivity index (χ4n) is 3.93. The summed E-state index contributed by atoms with van der Waals surface area (Å²) in [4.78, 5) is 0. The van der Waals surface area contributed by atoms with Crippen molar-refractivity contribution in [3.05, 3.63) is 0 Å². The first kappa shape index (κ1) is 25.4. The molecule has 0 spiro atoms. The molecule has 0 rings (SSSR count). The van der Waals surface area contributed by atoms with Crippen molar-refractivity contribution >= 4 is 7.26 Å². The molecule has 1 heteroatoms. The van der Waals surface area contributed by atoms with Gasteiger partial charge in [0, 0.05) is 0 Å². The monoisotopic (exact) mass is 372 g/mol. The Kier molecular flexibility index (Phi) is 19.5. The summed E-state index contributed by atoms with van der Waals surface area (Å²) in [6.07, 6.45) is 29.7. The average Bonchev–Trinajstić information content (AvgIpc) is 2.59. The zero-order valence-electron chi connectivity index (χ0n) is 18.6. The molecule has 0 aliphatic heterocycles. The van der Waals surface area contributed by atoms with Gasteiger partial charge in [-0.15, -0.1) is 0 Å². The van der Waals surface area contributed by atoms with E-state index in [0.29, 0.717) is 0 Å². The van der Waals surface area contributed by atoms with Crippen LogP contribution < -0.4 is 0 Å². The van der Waals surface area contributed by atoms with Gasteiger partial charge in [-0.1, -0.05) is 39.0 Å². The van der Waals surface area contributed by atoms with Crippen LogP contribution in [0.1, 0.15) is 129 Å². The van der Waals surface area contributed by atoms with Crippen LogP contribution in [-0.2, 0) is 0 Å². The molecule has 0 atom stereocenters. The van der Waals surface area contributed by atoms with E-state index in [-0.39, 0.29) is 0 Å². The van der Waals surface area contributed by atoms with E-state index in [1.54, 1.807) is 12.3 Å². The van der Waals surface area contributed by atoms with Crippen molar-refractivity contribution in [2.24, 2.45) is 0 Å². The van der Waals surface area contributed by atoms with Crippen LogP contribution in [0, 0.1) is 0 Å². The van der Waals surface area contributed by atoms with Crippen molar-refractivity contribution in [1.29, 1.82) is 0 Å². The summed E-state index contributed by atoms with van der Waals surface area (Å²) in [6, 6.07) is 0. The van der Waals surface area contributed by atoms with Gasteiger partial charge in [0.05, 0.1) is 0 Å². The molecule has 0 aromatic heterocycles. The van der Waals surface area contributed by atoms with Crippen LogP contribution in [0.3, 0.4) is 0 Å². The first-order chi connectivity index (χ1) is 12.1. The molecule has 0 amide bonds. The molecule has 154 valence electrons. The molecule has 0 nitrogen and oxygen atoms in total. The summed E-state index contributed by atoms with van der Waals surface area (Å²) in [5.41, 5.74) is 0. The minimum atomic E-state index is -0.831. The van der Waals surface area contributed by atoms with E-state index in [1.165, 1.54) is 116 Å². The predicted octanol–water partition coefficient (Wildman–Crippen LogP) is 9.06. The van der Waals surface area contributed by atoms with Gasteiger partial charge >= 0.3 is 123 Å². The number of hydrogen-bond acceptors (Lipinski definition) is 0. The number of rotatable bonds is 20. The summed E-state index contributed by atoms with van der Waals surface area (Å²) in [7, 11) is -0.831. The van der Waals surface area contributed by atoms with Gasteiger partial charge in [0.1, 0.15) is 0 Å². The predicted molar refractivity (Wildman–Crippen MR) is 124 cm³/mol. The van der Waals surface area contributed by atoms with E-state index >= 15 is 0 Å². The van der Waals surface area contributed by atoms with Crippen LogP contribution in [0.4, 0.5) is 0 Å². The number of hydrogen-bond donors (Lipinski definition) is 0. The summed E-state index contributed by atoms with van der Waals surface area (Å²) < 4.78 is 0. The number of unbranched alkanes of at least 4 members (excludes halogenated alkanes) is 16. The molecule has 0 aromatic carbocycles. The molecule has 0 heterocycles. The Morgan fingerprint density at radius 1 is 0.360 bits per heavy atom. The molecular formula is C24H53P. The van der Waals surface area contributed by atoms with E-state index in [0.717, 1.165) is 0 Å². The molecule has 0 aliphatic rings. The normalized spacial score (nSPS) is 12.6. The molecule has 0 unspecified atom stereocenters. The fraction of sp³-hybridized carbons (Fsp3) is 1.00. The van der Waals surface area contributed by atoms with Crippen molar-refractivity contribution < 1.29 is 0 Å². The summed E-state index contributed by atoms with van der Waals surface area (Å²) >= 11 is 0. The second-order valence-corrected chi connectivity index (χ2v) is 14.6. The quantitative estimate of drug-likeness (QED) is 0.148. The fourth-order valence-corrected chi connectivity index (χ4v) is 6.70. The zero-order chi connectivity index (χ0) is 18.6. The first-order valence-corrected chi connectivity index (χ1v) is 15.5. The molecule has 0 aromatic rings. The Bertz CT molecular complexity index is 246. The standard InChI is InChI=1S/C24H53P/c1-5-7-9-10-11-12-13-14-15-16-17-18-19-20-21-22-24-25(3,4)23-8-6-2/h25H,5-24H2,1-4H3. The summed E-state index contributed by atoms with van der Waals surface area (Å²) in [5, 5.41) is 0. The van der Waals surface area contributed by atoms with E-state index in [4.69, 9.17) is 0 Å². The van der Waals surface area contributed by atoms with Crippen molar-refractivity contribution in [2.45, 2.75) is 129 Å². The van der Waals surface area contributed by atoms with Crippen molar-refractivity contribution in [2.75, 3.05) is 25.7 Å². The third kappa shape index (κ3) is 20.6. The third-order valence-corrected chi connectivity index (χ3v) is 9.33. The van der Waals surface area contributed by atoms with Crippen LogP contribution in [0.25, 0.3) is 0 Å². The molecule has 0 bridgehead atoms. The Morgan fingerprint density at radius 3 is 1.00 bits per heavy atom. The van der Waals surface area contributed by atoms with Crippen LogP contribution in [0.15, 0.2) is 0 Å². The summed E-state index contributed by atoms with van der Waals surface area (Å²) in [5.74, 6) is 0. The molecule has 0 fully saturated rings. The molecule has 0 N–H and O–H groups in total. The van der Waals surface area contributed by atoms with Gasteiger partial charge in [-0.25, -0.2) is 0 Å². The molecule has 0 aliphatic carbocycles. The van der Waals surface area contributed by atoms with Gasteiger partial charge < -0.3 is 0 Å². The third-order valence-electron chi connectivity index (χ3n) is 5.91. The Balaban J connectivity index is 3.14. The van der Waals surface area contributed by atoms with Crippen molar-refractivity contribution in [1.82, 2.24) is 0 Å². The molecule has 0 saturated carbocycles. The average molecular weight is 373 g/mol. The van der Waals surface area contributed by atoms with Crippen LogP contribution in [0.5, 0.6) is 0 Å². The van der Waals surface area contributed by atoms with E-state index < -0.39 is 7.26 Å². The van der Waals surface area contributed by atoms with Gasteiger partial charge in [0.2, 0.25) is 0 Å². The molecule has 25 heavy (non-hydrogen) atoms. The topological polar surface area (TPSA) is 0 Å². The van der Waals surface area contributed by atoms with Crippen LogP contribution >= 0.6 is 7.26 Å². The maximum atomic E-state index is 2.61. The van der Waals surface area contributed by atoms with Gasteiger partial charge in [-0.2, -0.15) is 0 Å². The van der Waals surface area contributed by atoms with Crippen LogP contribution in [-0.4, -0.2) is 25.7 Å². The summed E-state index contributed by atoms with van der Waals surface area (Å²) in [6.45, 7) is 9.85. The molecule has 0 radical (unpaired) electrons. The van der Waals surface area contributed by atoms with Gasteiger partial charge in [0.25, 0.3) is 0 Å². The van der Waals surface area contributed by atoms with Crippen molar-refractivity contribution in [3.63, 3.8) is 0 Å². The van der Waals surface area contributed by atoms with E-state index in [2.05, 4.69) is 27.2 Å². The second kappa shape index (κ2) is 19.2. The van der Waals surface area contributed by atoms with Gasteiger partial charge in [0.15, 0.2) is 0 Å². The van der Waals surface area contributed by atoms with E-state index in [9.17, 15) is 0 Å². The second-order valence-electron chi connectivity index (χ2n) is 9.32. The minimum absolute atomic E-state index is 0.831. The molecule has 0 saturated heterocycles. The Hall–Kier alpha value is 0.430. The van der Waals surface area contributed by atoms with Crippen LogP contribution in [0.2, 0.25) is 0 Å². The Morgan fingerprint density at radius 2 is 0.640 bits per heavy atom. The van der Waals surface area contributed by atoms with E-state index in [1.807, 2.05) is 0 Å². The first-order valence-electron chi connectivity index (χ1n) is 12.1. The van der Waals surface area contributed by atoms with Gasteiger partial charge in [-0.3, -0.25) is 0 Å². The van der Waals surface area contributed by atoms with Crippen molar-refractivity contribution in [3.8, 4) is 0 Å². The van der Waals surface area contributed by atoms with Gasteiger partial charge in [-0.05, 0) is 0 Å². The maximum absolute atomic E-state index is 2.61. The molecular weight excluding hydrogens is 319 g/mol. The SMILES string of the molecule is CCCCCCCCCCCCCCCCCC[PH](C)(C)CCCC.